The van der Waals surface area contributed by atoms with E-state index >= 15 is 0 Å². The number of benzene rings is 2. The average Bonchev–Trinajstić information content (AvgIpc) is 2.78. The molecule has 1 saturated carbocycles. The molecule has 1 aliphatic rings. The topological polar surface area (TPSA) is 76.7 Å². The number of nitrogens with one attached hydrogen (secondary N) is 2. The number of carbonyl (C=O) groups excluding carboxylic acids is 2. The summed E-state index contributed by atoms with van der Waals surface area (Å²) in [6, 6.07) is 14.3. The second-order valence-electron chi connectivity index (χ2n) is 7.43. The van der Waals surface area contributed by atoms with Crippen molar-refractivity contribution in [2.75, 3.05) is 30.5 Å². The Balaban J connectivity index is 1.57. The first-order chi connectivity index (χ1) is 14.7. The Morgan fingerprint density at radius 3 is 2.43 bits per heavy atom. The zero-order valence-electron chi connectivity index (χ0n) is 17.5. The first-order valence-electron chi connectivity index (χ1n) is 10.7. The lowest BCUT2D eigenvalue weighted by Crippen LogP contribution is -2.24. The molecule has 0 unspecified atom stereocenters. The summed E-state index contributed by atoms with van der Waals surface area (Å²) in [6.45, 7) is 3.52. The molecule has 2 aromatic rings. The van der Waals surface area contributed by atoms with Gasteiger partial charge in [-0.2, -0.15) is 0 Å². The molecule has 30 heavy (non-hydrogen) atoms. The molecule has 6 nitrogen and oxygen atoms in total. The van der Waals surface area contributed by atoms with Crippen LogP contribution < -0.4 is 15.4 Å². The lowest BCUT2D eigenvalue weighted by atomic mass is 9.88. The van der Waals surface area contributed by atoms with Gasteiger partial charge in [0.25, 0.3) is 5.91 Å². The summed E-state index contributed by atoms with van der Waals surface area (Å²) in [6.07, 6.45) is 5.34. The largest absolute Gasteiger partial charge is 0.491 e. The van der Waals surface area contributed by atoms with Crippen LogP contribution in [0, 0.1) is 5.92 Å². The number of ether oxygens (including phenoxy) is 2. The van der Waals surface area contributed by atoms with E-state index in [1.807, 2.05) is 25.1 Å². The maximum absolute atomic E-state index is 12.6. The minimum Gasteiger partial charge on any atom is -0.491 e. The van der Waals surface area contributed by atoms with Crippen LogP contribution in [-0.4, -0.2) is 31.6 Å². The Morgan fingerprint density at radius 1 is 0.933 bits per heavy atom. The monoisotopic (exact) mass is 410 g/mol. The van der Waals surface area contributed by atoms with Crippen LogP contribution in [0.25, 0.3) is 0 Å². The number of hydrogen-bond acceptors (Lipinski definition) is 4. The van der Waals surface area contributed by atoms with Crippen LogP contribution in [0.3, 0.4) is 0 Å². The second kappa shape index (κ2) is 11.4. The van der Waals surface area contributed by atoms with Crippen molar-refractivity contribution in [1.29, 1.82) is 0 Å². The van der Waals surface area contributed by atoms with E-state index in [2.05, 4.69) is 10.6 Å². The van der Waals surface area contributed by atoms with E-state index in [0.717, 1.165) is 25.7 Å². The summed E-state index contributed by atoms with van der Waals surface area (Å²) >= 11 is 0. The smallest absolute Gasteiger partial charge is 0.255 e. The van der Waals surface area contributed by atoms with Crippen molar-refractivity contribution in [1.82, 2.24) is 0 Å². The van der Waals surface area contributed by atoms with Crippen LogP contribution in [0.5, 0.6) is 5.75 Å². The predicted octanol–water partition coefficient (Wildman–Crippen LogP) is 4.87. The summed E-state index contributed by atoms with van der Waals surface area (Å²) in [4.78, 5) is 25.1. The van der Waals surface area contributed by atoms with Gasteiger partial charge in [-0.15, -0.1) is 0 Å². The van der Waals surface area contributed by atoms with Gasteiger partial charge in [0.1, 0.15) is 12.4 Å². The van der Waals surface area contributed by atoms with Gasteiger partial charge in [0.2, 0.25) is 5.91 Å². The predicted molar refractivity (Wildman–Crippen MR) is 118 cm³/mol. The highest BCUT2D eigenvalue weighted by molar-refractivity contribution is 6.05. The van der Waals surface area contributed by atoms with Crippen molar-refractivity contribution >= 4 is 23.2 Å². The van der Waals surface area contributed by atoms with Crippen molar-refractivity contribution in [3.05, 3.63) is 54.1 Å². The van der Waals surface area contributed by atoms with Crippen molar-refractivity contribution in [2.45, 2.75) is 39.0 Å². The normalized spacial score (nSPS) is 14.2. The van der Waals surface area contributed by atoms with Crippen LogP contribution in [0.2, 0.25) is 0 Å². The Labute approximate surface area is 178 Å². The zero-order valence-corrected chi connectivity index (χ0v) is 17.5. The van der Waals surface area contributed by atoms with Crippen LogP contribution in [0.15, 0.2) is 48.5 Å². The minimum absolute atomic E-state index is 0.0649. The molecular weight excluding hydrogens is 380 g/mol. The molecule has 0 bridgehead atoms. The fraction of sp³-hybridized carbons (Fsp3) is 0.417. The Hall–Kier alpha value is -2.86. The third-order valence-corrected chi connectivity index (χ3v) is 5.16. The maximum Gasteiger partial charge on any atom is 0.255 e. The van der Waals surface area contributed by atoms with E-state index < -0.39 is 0 Å². The fourth-order valence-corrected chi connectivity index (χ4v) is 3.58. The molecule has 0 heterocycles. The highest BCUT2D eigenvalue weighted by atomic mass is 16.5. The second-order valence-corrected chi connectivity index (χ2v) is 7.43. The summed E-state index contributed by atoms with van der Waals surface area (Å²) < 4.78 is 10.9. The molecule has 3 rings (SSSR count). The molecule has 0 aromatic heterocycles. The molecular formula is C24H30N2O4. The van der Waals surface area contributed by atoms with Gasteiger partial charge in [-0.3, -0.25) is 9.59 Å². The summed E-state index contributed by atoms with van der Waals surface area (Å²) in [5.41, 5.74) is 1.82. The first kappa shape index (κ1) is 21.8. The number of rotatable bonds is 9. The van der Waals surface area contributed by atoms with Crippen LogP contribution in [0.4, 0.5) is 11.4 Å². The molecule has 0 saturated heterocycles. The molecule has 0 atom stereocenters. The zero-order chi connectivity index (χ0) is 21.2. The van der Waals surface area contributed by atoms with Crippen LogP contribution >= 0.6 is 0 Å². The standard InChI is InChI=1S/C24H30N2O4/c1-2-29-14-15-30-22-13-6-10-19(16-22)24(28)26-21-12-7-11-20(17-21)25-23(27)18-8-4-3-5-9-18/h6-7,10-13,16-18H,2-5,8-9,14-15H2,1H3,(H,25,27)(H,26,28). The average molecular weight is 411 g/mol. The van der Waals surface area contributed by atoms with Gasteiger partial charge in [-0.05, 0) is 56.2 Å². The molecule has 160 valence electrons. The van der Waals surface area contributed by atoms with Gasteiger partial charge in [0.05, 0.1) is 6.61 Å². The summed E-state index contributed by atoms with van der Waals surface area (Å²) in [5, 5.41) is 5.87. The van der Waals surface area contributed by atoms with Crippen molar-refractivity contribution < 1.29 is 19.1 Å². The van der Waals surface area contributed by atoms with Crippen molar-refractivity contribution in [2.24, 2.45) is 5.92 Å². The number of amides is 2. The number of hydrogen-bond donors (Lipinski definition) is 2. The third kappa shape index (κ3) is 6.59. The van der Waals surface area contributed by atoms with E-state index in [1.165, 1.54) is 6.42 Å². The molecule has 0 spiro atoms. The molecule has 0 radical (unpaired) electrons. The molecule has 0 aliphatic heterocycles. The van der Waals surface area contributed by atoms with E-state index in [-0.39, 0.29) is 17.7 Å². The molecule has 2 aromatic carbocycles. The lowest BCUT2D eigenvalue weighted by Gasteiger charge is -2.20. The number of anilines is 2. The summed E-state index contributed by atoms with van der Waals surface area (Å²) in [7, 11) is 0. The number of carbonyl (C=O) groups is 2. The van der Waals surface area contributed by atoms with Gasteiger partial charge >= 0.3 is 0 Å². The van der Waals surface area contributed by atoms with Crippen molar-refractivity contribution in [3.63, 3.8) is 0 Å². The molecule has 1 aliphatic carbocycles. The molecule has 2 amide bonds. The minimum atomic E-state index is -0.235. The Kier molecular flexibility index (Phi) is 8.27. The van der Waals surface area contributed by atoms with Crippen molar-refractivity contribution in [3.8, 4) is 5.75 Å². The third-order valence-electron chi connectivity index (χ3n) is 5.16. The van der Waals surface area contributed by atoms with Crippen LogP contribution in [0.1, 0.15) is 49.4 Å². The van der Waals surface area contributed by atoms with E-state index in [4.69, 9.17) is 9.47 Å². The fourth-order valence-electron chi connectivity index (χ4n) is 3.58. The maximum atomic E-state index is 12.6. The van der Waals surface area contributed by atoms with E-state index in [9.17, 15) is 9.59 Å². The highest BCUT2D eigenvalue weighted by Gasteiger charge is 2.21. The molecule has 2 N–H and O–H groups in total. The van der Waals surface area contributed by atoms with Gasteiger partial charge in [0.15, 0.2) is 0 Å². The molecule has 6 heteroatoms. The summed E-state index contributed by atoms with van der Waals surface area (Å²) in [5.74, 6) is 0.536. The highest BCUT2D eigenvalue weighted by Crippen LogP contribution is 2.25. The van der Waals surface area contributed by atoms with Gasteiger partial charge in [0, 0.05) is 29.5 Å². The quantitative estimate of drug-likeness (QED) is 0.578. The van der Waals surface area contributed by atoms with Gasteiger partial charge < -0.3 is 20.1 Å². The molecule has 1 fully saturated rings. The first-order valence-corrected chi connectivity index (χ1v) is 10.7. The SMILES string of the molecule is CCOCCOc1cccc(C(=O)Nc2cccc(NC(=O)C3CCCCC3)c2)c1. The van der Waals surface area contributed by atoms with E-state index in [0.29, 0.717) is 42.5 Å². The van der Waals surface area contributed by atoms with Crippen LogP contribution in [-0.2, 0) is 9.53 Å². The Bertz CT molecular complexity index is 847. The van der Waals surface area contributed by atoms with Gasteiger partial charge in [-0.1, -0.05) is 31.4 Å². The van der Waals surface area contributed by atoms with E-state index in [1.54, 1.807) is 30.3 Å². The Morgan fingerprint density at radius 2 is 1.67 bits per heavy atom. The lowest BCUT2D eigenvalue weighted by molar-refractivity contribution is -0.120. The van der Waals surface area contributed by atoms with Gasteiger partial charge in [-0.25, -0.2) is 0 Å².